The summed E-state index contributed by atoms with van der Waals surface area (Å²) in [5, 5.41) is 3.11. The first-order valence-electron chi connectivity index (χ1n) is 10.5. The highest BCUT2D eigenvalue weighted by atomic mass is 79.9. The molecule has 1 aliphatic rings. The molecule has 0 bridgehead atoms. The van der Waals surface area contributed by atoms with Gasteiger partial charge >= 0.3 is 0 Å². The zero-order valence-electron chi connectivity index (χ0n) is 17.2. The molecule has 30 heavy (non-hydrogen) atoms. The molecule has 1 fully saturated rings. The zero-order valence-corrected chi connectivity index (χ0v) is 18.8. The largest absolute Gasteiger partial charge is 0.352 e. The van der Waals surface area contributed by atoms with Crippen molar-refractivity contribution in [2.24, 2.45) is 0 Å². The van der Waals surface area contributed by atoms with Crippen LogP contribution in [-0.4, -0.2) is 28.8 Å². The summed E-state index contributed by atoms with van der Waals surface area (Å²) in [6, 6.07) is 13.4. The molecule has 2 amide bonds. The van der Waals surface area contributed by atoms with Crippen molar-refractivity contribution in [2.75, 3.05) is 0 Å². The highest BCUT2D eigenvalue weighted by Gasteiger charge is 2.28. The van der Waals surface area contributed by atoms with Crippen LogP contribution in [0.15, 0.2) is 53.0 Å². The van der Waals surface area contributed by atoms with Gasteiger partial charge in [-0.3, -0.25) is 9.59 Å². The topological polar surface area (TPSA) is 49.4 Å². The van der Waals surface area contributed by atoms with E-state index in [1.165, 1.54) is 12.5 Å². The predicted molar refractivity (Wildman–Crippen MR) is 119 cm³/mol. The molecule has 1 atom stereocenters. The van der Waals surface area contributed by atoms with Gasteiger partial charge in [-0.1, -0.05) is 65.5 Å². The quantitative estimate of drug-likeness (QED) is 0.613. The minimum atomic E-state index is -0.648. The van der Waals surface area contributed by atoms with Gasteiger partial charge in [0.1, 0.15) is 11.9 Å². The van der Waals surface area contributed by atoms with Gasteiger partial charge in [-0.05, 0) is 49.1 Å². The van der Waals surface area contributed by atoms with E-state index in [1.54, 1.807) is 30.0 Å². The number of halogens is 2. The predicted octanol–water partition coefficient (Wildman–Crippen LogP) is 5.00. The summed E-state index contributed by atoms with van der Waals surface area (Å²) in [7, 11) is 0. The van der Waals surface area contributed by atoms with E-state index in [1.807, 2.05) is 24.3 Å². The van der Waals surface area contributed by atoms with E-state index in [9.17, 15) is 14.0 Å². The normalized spacial score (nSPS) is 15.4. The van der Waals surface area contributed by atoms with Crippen LogP contribution in [0.3, 0.4) is 0 Å². The second kappa shape index (κ2) is 10.7. The Morgan fingerprint density at radius 2 is 1.87 bits per heavy atom. The highest BCUT2D eigenvalue weighted by molar-refractivity contribution is 9.10. The van der Waals surface area contributed by atoms with Crippen LogP contribution in [0.5, 0.6) is 0 Å². The average molecular weight is 475 g/mol. The van der Waals surface area contributed by atoms with Crippen molar-refractivity contribution < 1.29 is 14.0 Å². The van der Waals surface area contributed by atoms with Crippen LogP contribution >= 0.6 is 15.9 Å². The molecule has 1 aliphatic carbocycles. The smallest absolute Gasteiger partial charge is 0.242 e. The van der Waals surface area contributed by atoms with Gasteiger partial charge in [0.15, 0.2) is 0 Å². The molecule has 2 aromatic carbocycles. The molecule has 1 N–H and O–H groups in total. The summed E-state index contributed by atoms with van der Waals surface area (Å²) < 4.78 is 15.0. The maximum atomic E-state index is 14.1. The molecule has 4 nitrogen and oxygen atoms in total. The first kappa shape index (κ1) is 22.5. The Kier molecular flexibility index (Phi) is 8.02. The lowest BCUT2D eigenvalue weighted by atomic mass is 9.95. The summed E-state index contributed by atoms with van der Waals surface area (Å²) in [4.78, 5) is 27.7. The maximum Gasteiger partial charge on any atom is 0.242 e. The van der Waals surface area contributed by atoms with E-state index in [0.29, 0.717) is 5.56 Å². The molecular weight excluding hydrogens is 447 g/mol. The molecule has 0 spiro atoms. The lowest BCUT2D eigenvalue weighted by Gasteiger charge is -2.31. The van der Waals surface area contributed by atoms with Crippen molar-refractivity contribution in [3.63, 3.8) is 0 Å². The van der Waals surface area contributed by atoms with E-state index in [0.717, 1.165) is 35.7 Å². The number of amides is 2. The lowest BCUT2D eigenvalue weighted by Crippen LogP contribution is -2.50. The van der Waals surface area contributed by atoms with Crippen molar-refractivity contribution in [3.8, 4) is 0 Å². The number of carbonyl (C=O) groups excluding carboxylic acids is 2. The molecule has 6 heteroatoms. The second-order valence-electron chi connectivity index (χ2n) is 7.94. The molecule has 1 saturated carbocycles. The van der Waals surface area contributed by atoms with E-state index in [4.69, 9.17) is 0 Å². The fraction of sp³-hybridized carbons (Fsp3) is 0.417. The van der Waals surface area contributed by atoms with Crippen LogP contribution in [0.2, 0.25) is 0 Å². The molecule has 0 heterocycles. The minimum absolute atomic E-state index is 0.0816. The Hall–Kier alpha value is -2.21. The molecule has 0 aromatic heterocycles. The van der Waals surface area contributed by atoms with Crippen LogP contribution in [0.1, 0.15) is 50.2 Å². The van der Waals surface area contributed by atoms with Gasteiger partial charge in [0, 0.05) is 17.1 Å². The summed E-state index contributed by atoms with van der Waals surface area (Å²) in [5.41, 5.74) is 1.24. The molecule has 2 aromatic rings. The monoisotopic (exact) mass is 474 g/mol. The first-order valence-corrected chi connectivity index (χ1v) is 11.3. The molecule has 0 unspecified atom stereocenters. The summed E-state index contributed by atoms with van der Waals surface area (Å²) >= 11 is 3.45. The molecule has 0 radical (unpaired) electrons. The van der Waals surface area contributed by atoms with Crippen molar-refractivity contribution >= 4 is 27.7 Å². The fourth-order valence-corrected chi connectivity index (χ4v) is 4.34. The fourth-order valence-electron chi connectivity index (χ4n) is 3.89. The van der Waals surface area contributed by atoms with Crippen LogP contribution in [0.4, 0.5) is 4.39 Å². The molecule has 0 aliphatic heterocycles. The van der Waals surface area contributed by atoms with Crippen molar-refractivity contribution in [1.29, 1.82) is 0 Å². The molecular formula is C24H28BrFN2O2. The van der Waals surface area contributed by atoms with Crippen LogP contribution in [0.25, 0.3) is 0 Å². The summed E-state index contributed by atoms with van der Waals surface area (Å²) in [6.45, 7) is 2.03. The zero-order chi connectivity index (χ0) is 21.5. The third-order valence-electron chi connectivity index (χ3n) is 5.66. The van der Waals surface area contributed by atoms with Crippen molar-refractivity contribution in [3.05, 3.63) is 69.9 Å². The third kappa shape index (κ3) is 6.14. The number of benzene rings is 2. The van der Waals surface area contributed by atoms with E-state index in [2.05, 4.69) is 21.2 Å². The Bertz CT molecular complexity index is 883. The van der Waals surface area contributed by atoms with Gasteiger partial charge in [0.2, 0.25) is 11.8 Å². The molecule has 160 valence electrons. The van der Waals surface area contributed by atoms with E-state index in [-0.39, 0.29) is 30.8 Å². The van der Waals surface area contributed by atoms with Gasteiger partial charge in [-0.25, -0.2) is 4.39 Å². The van der Waals surface area contributed by atoms with Gasteiger partial charge in [0.05, 0.1) is 6.42 Å². The Labute approximate surface area is 186 Å². The van der Waals surface area contributed by atoms with Crippen LogP contribution in [0, 0.1) is 5.82 Å². The van der Waals surface area contributed by atoms with Gasteiger partial charge < -0.3 is 10.2 Å². The van der Waals surface area contributed by atoms with Crippen LogP contribution in [-0.2, 0) is 22.6 Å². The van der Waals surface area contributed by atoms with Gasteiger partial charge in [0.25, 0.3) is 0 Å². The summed E-state index contributed by atoms with van der Waals surface area (Å²) in [6.07, 6.45) is 5.32. The number of hydrogen-bond acceptors (Lipinski definition) is 2. The molecule has 3 rings (SSSR count). The maximum absolute atomic E-state index is 14.1. The highest BCUT2D eigenvalue weighted by Crippen LogP contribution is 2.20. The number of nitrogens with zero attached hydrogens (tertiary/aromatic N) is 1. The number of carbonyl (C=O) groups is 2. The number of nitrogens with one attached hydrogen (secondary N) is 1. The Balaban J connectivity index is 1.77. The van der Waals surface area contributed by atoms with Gasteiger partial charge in [-0.2, -0.15) is 0 Å². The standard InChI is InChI=1S/C24H28BrFN2O2/c1-17(24(30)27-21-11-3-2-4-12-21)28(16-18-8-7-10-20(25)14-18)23(29)15-19-9-5-6-13-22(19)26/h5-10,13-14,17,21H,2-4,11-12,15-16H2,1H3,(H,27,30)/t17-/m0/s1. The van der Waals surface area contributed by atoms with Gasteiger partial charge in [-0.15, -0.1) is 0 Å². The SMILES string of the molecule is C[C@@H](C(=O)NC1CCCCC1)N(Cc1cccc(Br)c1)C(=O)Cc1ccccc1F. The average Bonchev–Trinajstić information content (AvgIpc) is 2.74. The van der Waals surface area contributed by atoms with Crippen molar-refractivity contribution in [2.45, 2.75) is 64.1 Å². The van der Waals surface area contributed by atoms with Crippen molar-refractivity contribution in [1.82, 2.24) is 10.2 Å². The van der Waals surface area contributed by atoms with E-state index >= 15 is 0 Å². The second-order valence-corrected chi connectivity index (χ2v) is 8.85. The van der Waals surface area contributed by atoms with Crippen LogP contribution < -0.4 is 5.32 Å². The summed E-state index contributed by atoms with van der Waals surface area (Å²) in [5.74, 6) is -0.835. The Morgan fingerprint density at radius 1 is 1.13 bits per heavy atom. The third-order valence-corrected chi connectivity index (χ3v) is 6.15. The lowest BCUT2D eigenvalue weighted by molar-refractivity contribution is -0.140. The number of rotatable bonds is 7. The van der Waals surface area contributed by atoms with E-state index < -0.39 is 11.9 Å². The Morgan fingerprint density at radius 3 is 2.57 bits per heavy atom. The molecule has 0 saturated heterocycles. The first-order chi connectivity index (χ1) is 14.4. The number of hydrogen-bond donors (Lipinski definition) is 1. The minimum Gasteiger partial charge on any atom is -0.352 e.